The largest absolute Gasteiger partial charge is 0.433 e. The van der Waals surface area contributed by atoms with Crippen LogP contribution < -0.4 is 9.64 Å². The lowest BCUT2D eigenvalue weighted by Gasteiger charge is -2.19. The number of anilines is 1. The van der Waals surface area contributed by atoms with E-state index in [4.69, 9.17) is 0 Å². The standard InChI is InChI=1S/C19H17F2N5O2/c1-10-4-15(12-5-14(8-22-6-12)28-19(20)21)24-17-11(2)26(18(27)16(10)17)13-7-23-25(3)9-13/h4-9,11,19H,1-3H3. The van der Waals surface area contributed by atoms with E-state index in [-0.39, 0.29) is 17.7 Å². The van der Waals surface area contributed by atoms with E-state index in [1.807, 2.05) is 13.8 Å². The summed E-state index contributed by atoms with van der Waals surface area (Å²) in [7, 11) is 1.78. The number of rotatable bonds is 4. The van der Waals surface area contributed by atoms with Crippen LogP contribution in [0, 0.1) is 6.92 Å². The third kappa shape index (κ3) is 2.98. The molecule has 3 aromatic rings. The number of pyridine rings is 2. The quantitative estimate of drug-likeness (QED) is 0.687. The maximum Gasteiger partial charge on any atom is 0.387 e. The highest BCUT2D eigenvalue weighted by atomic mass is 19.3. The molecule has 144 valence electrons. The minimum absolute atomic E-state index is 0.0476. The first kappa shape index (κ1) is 18.0. The second kappa shape index (κ2) is 6.66. The summed E-state index contributed by atoms with van der Waals surface area (Å²) < 4.78 is 31.0. The van der Waals surface area contributed by atoms with Crippen molar-refractivity contribution in [3.05, 3.63) is 53.7 Å². The van der Waals surface area contributed by atoms with Crippen molar-refractivity contribution in [1.29, 1.82) is 0 Å². The first-order chi connectivity index (χ1) is 13.3. The highest BCUT2D eigenvalue weighted by Gasteiger charge is 2.38. The molecule has 4 rings (SSSR count). The predicted octanol–water partition coefficient (Wildman–Crippen LogP) is 3.51. The van der Waals surface area contributed by atoms with Crippen LogP contribution in [0.5, 0.6) is 5.75 Å². The lowest BCUT2D eigenvalue weighted by atomic mass is 10.0. The van der Waals surface area contributed by atoms with Crippen LogP contribution in [0.15, 0.2) is 36.9 Å². The van der Waals surface area contributed by atoms with Gasteiger partial charge >= 0.3 is 6.61 Å². The molecule has 0 spiro atoms. The molecule has 1 unspecified atom stereocenters. The van der Waals surface area contributed by atoms with Crippen molar-refractivity contribution in [3.63, 3.8) is 0 Å². The summed E-state index contributed by atoms with van der Waals surface area (Å²) in [5.41, 5.74) is 3.69. The van der Waals surface area contributed by atoms with E-state index in [0.29, 0.717) is 28.2 Å². The van der Waals surface area contributed by atoms with Gasteiger partial charge in [0, 0.05) is 25.0 Å². The smallest absolute Gasteiger partial charge is 0.387 e. The van der Waals surface area contributed by atoms with Gasteiger partial charge in [-0.2, -0.15) is 13.9 Å². The Morgan fingerprint density at radius 1 is 1.21 bits per heavy atom. The summed E-state index contributed by atoms with van der Waals surface area (Å²) in [6.07, 6.45) is 6.14. The van der Waals surface area contributed by atoms with E-state index in [2.05, 4.69) is 19.8 Å². The molecule has 28 heavy (non-hydrogen) atoms. The van der Waals surface area contributed by atoms with Crippen LogP contribution >= 0.6 is 0 Å². The molecule has 0 saturated carbocycles. The number of hydrogen-bond donors (Lipinski definition) is 0. The van der Waals surface area contributed by atoms with Gasteiger partial charge in [-0.15, -0.1) is 0 Å². The van der Waals surface area contributed by atoms with Crippen molar-refractivity contribution in [2.75, 3.05) is 4.90 Å². The zero-order valence-corrected chi connectivity index (χ0v) is 15.4. The topological polar surface area (TPSA) is 73.1 Å². The van der Waals surface area contributed by atoms with Gasteiger partial charge in [0.15, 0.2) is 0 Å². The van der Waals surface area contributed by atoms with Crippen molar-refractivity contribution in [1.82, 2.24) is 19.7 Å². The Morgan fingerprint density at radius 2 is 2.00 bits per heavy atom. The molecule has 0 bridgehead atoms. The fraction of sp³-hybridized carbons (Fsp3) is 0.263. The lowest BCUT2D eigenvalue weighted by Crippen LogP contribution is -2.26. The SMILES string of the molecule is Cc1cc(-c2cncc(OC(F)F)c2)nc2c1C(=O)N(c1cnn(C)c1)C2C. The Balaban J connectivity index is 1.76. The van der Waals surface area contributed by atoms with Gasteiger partial charge in [-0.25, -0.2) is 4.98 Å². The van der Waals surface area contributed by atoms with Crippen LogP contribution in [0.3, 0.4) is 0 Å². The number of amides is 1. The van der Waals surface area contributed by atoms with E-state index in [9.17, 15) is 13.6 Å². The summed E-state index contributed by atoms with van der Waals surface area (Å²) >= 11 is 0. The molecular weight excluding hydrogens is 368 g/mol. The minimum Gasteiger partial charge on any atom is -0.433 e. The normalized spacial score (nSPS) is 16.0. The van der Waals surface area contributed by atoms with Crippen LogP contribution in [-0.2, 0) is 7.05 Å². The van der Waals surface area contributed by atoms with Gasteiger partial charge < -0.3 is 4.74 Å². The Labute approximate surface area is 159 Å². The third-order valence-corrected chi connectivity index (χ3v) is 4.66. The molecule has 1 amide bonds. The first-order valence-electron chi connectivity index (χ1n) is 8.59. The van der Waals surface area contributed by atoms with E-state index < -0.39 is 6.61 Å². The average molecular weight is 385 g/mol. The molecule has 4 heterocycles. The number of aryl methyl sites for hydroxylation is 2. The number of carbonyl (C=O) groups excluding carboxylic acids is 1. The molecule has 1 atom stereocenters. The van der Waals surface area contributed by atoms with Crippen molar-refractivity contribution in [2.24, 2.45) is 7.05 Å². The van der Waals surface area contributed by atoms with Gasteiger partial charge in [0.1, 0.15) is 5.75 Å². The Morgan fingerprint density at radius 3 is 2.68 bits per heavy atom. The number of alkyl halides is 2. The Bertz CT molecular complexity index is 1070. The maximum atomic E-state index is 13.0. The second-order valence-electron chi connectivity index (χ2n) is 6.60. The minimum atomic E-state index is -2.93. The van der Waals surface area contributed by atoms with Crippen LogP contribution in [0.4, 0.5) is 14.5 Å². The molecule has 0 fully saturated rings. The molecule has 0 radical (unpaired) electrons. The van der Waals surface area contributed by atoms with Crippen molar-refractivity contribution < 1.29 is 18.3 Å². The van der Waals surface area contributed by atoms with Gasteiger partial charge in [-0.3, -0.25) is 19.4 Å². The molecule has 0 aliphatic carbocycles. The summed E-state index contributed by atoms with van der Waals surface area (Å²) in [5.74, 6) is -0.187. The Kier molecular flexibility index (Phi) is 4.29. The van der Waals surface area contributed by atoms with Crippen LogP contribution in [0.25, 0.3) is 11.3 Å². The highest BCUT2D eigenvalue weighted by molar-refractivity contribution is 6.11. The average Bonchev–Trinajstić information content (AvgIpc) is 3.16. The molecule has 1 aliphatic heterocycles. The molecule has 9 heteroatoms. The van der Waals surface area contributed by atoms with Gasteiger partial charge in [0.05, 0.1) is 41.1 Å². The fourth-order valence-corrected chi connectivity index (χ4v) is 3.44. The third-order valence-electron chi connectivity index (χ3n) is 4.66. The lowest BCUT2D eigenvalue weighted by molar-refractivity contribution is -0.0500. The number of carbonyl (C=O) groups is 1. The molecule has 3 aromatic heterocycles. The van der Waals surface area contributed by atoms with Gasteiger partial charge in [0.2, 0.25) is 0 Å². The van der Waals surface area contributed by atoms with Crippen molar-refractivity contribution in [3.8, 4) is 17.0 Å². The first-order valence-corrected chi connectivity index (χ1v) is 8.59. The van der Waals surface area contributed by atoms with E-state index in [1.165, 1.54) is 18.5 Å². The zero-order valence-electron chi connectivity index (χ0n) is 15.4. The predicted molar refractivity (Wildman–Crippen MR) is 97.3 cm³/mol. The van der Waals surface area contributed by atoms with Gasteiger partial charge in [0.25, 0.3) is 5.91 Å². The fourth-order valence-electron chi connectivity index (χ4n) is 3.44. The van der Waals surface area contributed by atoms with Gasteiger partial charge in [-0.1, -0.05) is 0 Å². The number of halogens is 2. The van der Waals surface area contributed by atoms with Gasteiger partial charge in [-0.05, 0) is 31.5 Å². The van der Waals surface area contributed by atoms with Crippen LogP contribution in [0.1, 0.15) is 34.6 Å². The number of hydrogen-bond acceptors (Lipinski definition) is 5. The summed E-state index contributed by atoms with van der Waals surface area (Å²) in [6, 6.07) is 2.91. The molecule has 7 nitrogen and oxygen atoms in total. The van der Waals surface area contributed by atoms with E-state index >= 15 is 0 Å². The second-order valence-corrected chi connectivity index (χ2v) is 6.60. The van der Waals surface area contributed by atoms with Crippen molar-refractivity contribution in [2.45, 2.75) is 26.5 Å². The summed E-state index contributed by atoms with van der Waals surface area (Å²) in [6.45, 7) is 0.785. The van der Waals surface area contributed by atoms with Crippen LogP contribution in [0.2, 0.25) is 0 Å². The molecule has 1 aliphatic rings. The van der Waals surface area contributed by atoms with E-state index in [1.54, 1.807) is 35.1 Å². The zero-order chi connectivity index (χ0) is 20.0. The van der Waals surface area contributed by atoms with E-state index in [0.717, 1.165) is 5.56 Å². The molecule has 0 N–H and O–H groups in total. The van der Waals surface area contributed by atoms with Crippen molar-refractivity contribution >= 4 is 11.6 Å². The number of nitrogens with zero attached hydrogens (tertiary/aromatic N) is 5. The molecule has 0 aromatic carbocycles. The summed E-state index contributed by atoms with van der Waals surface area (Å²) in [4.78, 5) is 23.2. The number of ether oxygens (including phenoxy) is 1. The molecule has 0 saturated heterocycles. The Hall–Kier alpha value is -3.36. The highest BCUT2D eigenvalue weighted by Crippen LogP contribution is 2.39. The maximum absolute atomic E-state index is 13.0. The van der Waals surface area contributed by atoms with Crippen LogP contribution in [-0.4, -0.2) is 32.3 Å². The number of fused-ring (bicyclic) bond motifs is 1. The molecular formula is C19H17F2N5O2. The summed E-state index contributed by atoms with van der Waals surface area (Å²) in [5, 5.41) is 4.13. The monoisotopic (exact) mass is 385 g/mol. The number of aromatic nitrogens is 4.